The number of allylic oxidation sites excluding steroid dienone is 1. The Morgan fingerprint density at radius 2 is 2.13 bits per heavy atom. The smallest absolute Gasteiger partial charge is 0.258 e. The van der Waals surface area contributed by atoms with Gasteiger partial charge in [-0.1, -0.05) is 0 Å². The van der Waals surface area contributed by atoms with Crippen LogP contribution in [0.1, 0.15) is 30.9 Å². The predicted molar refractivity (Wildman–Crippen MR) is 113 cm³/mol. The molecule has 0 saturated heterocycles. The third-order valence-corrected chi connectivity index (χ3v) is 5.58. The largest absolute Gasteiger partial charge is 0.388 e. The van der Waals surface area contributed by atoms with E-state index in [1.54, 1.807) is 23.3 Å². The van der Waals surface area contributed by atoms with E-state index in [0.717, 1.165) is 35.2 Å². The lowest BCUT2D eigenvalue weighted by Gasteiger charge is -2.09. The van der Waals surface area contributed by atoms with Crippen molar-refractivity contribution in [3.63, 3.8) is 0 Å². The second-order valence-corrected chi connectivity index (χ2v) is 8.01. The molecule has 0 spiro atoms. The van der Waals surface area contributed by atoms with Crippen LogP contribution in [-0.4, -0.2) is 36.4 Å². The van der Waals surface area contributed by atoms with Crippen molar-refractivity contribution >= 4 is 23.0 Å². The first-order chi connectivity index (χ1) is 14.4. The summed E-state index contributed by atoms with van der Waals surface area (Å²) in [5, 5.41) is 20.6. The molecule has 8 heteroatoms. The minimum Gasteiger partial charge on any atom is -0.388 e. The predicted octanol–water partition coefficient (Wildman–Crippen LogP) is 2.97. The number of amides is 1. The number of anilines is 2. The number of nitrogens with zero attached hydrogens (tertiary/aromatic N) is 4. The summed E-state index contributed by atoms with van der Waals surface area (Å²) in [6.45, 7) is 4.34. The van der Waals surface area contributed by atoms with E-state index in [1.165, 1.54) is 0 Å². The van der Waals surface area contributed by atoms with E-state index in [2.05, 4.69) is 25.7 Å². The first kappa shape index (κ1) is 18.5. The van der Waals surface area contributed by atoms with Gasteiger partial charge >= 0.3 is 0 Å². The number of nitrogens with one attached hydrogen (secondary N) is 2. The van der Waals surface area contributed by atoms with Crippen LogP contribution in [0.2, 0.25) is 0 Å². The van der Waals surface area contributed by atoms with E-state index < -0.39 is 5.60 Å². The van der Waals surface area contributed by atoms with Crippen LogP contribution >= 0.6 is 0 Å². The zero-order valence-electron chi connectivity index (χ0n) is 16.8. The molecule has 8 nitrogen and oxygen atoms in total. The highest BCUT2D eigenvalue weighted by molar-refractivity contribution is 6.32. The molecule has 2 aliphatic rings. The molecule has 0 radical (unpaired) electrons. The average Bonchev–Trinajstić information content (AvgIpc) is 3.12. The SMILES string of the molecule is C/C(Nc1ccn(CC2(O)CC2)n1)=C1/C(=O)Nc2cnc(-c3cnccc3C)cc21. The lowest BCUT2D eigenvalue weighted by atomic mass is 10.0. The number of aryl methyl sites for hydroxylation is 1. The number of hydrogen-bond donors (Lipinski definition) is 3. The summed E-state index contributed by atoms with van der Waals surface area (Å²) in [7, 11) is 0. The van der Waals surface area contributed by atoms with Crippen LogP contribution in [0.5, 0.6) is 0 Å². The number of aliphatic hydroxyl groups is 1. The second-order valence-electron chi connectivity index (χ2n) is 8.01. The molecule has 3 N–H and O–H groups in total. The standard InChI is InChI=1S/C22H22N6O2/c1-13-3-7-23-10-16(13)17-9-15-18(11-24-17)26-21(29)20(15)14(2)25-19-4-8-28(27-19)12-22(30)5-6-22/h3-4,7-11,30H,5-6,12H2,1-2H3,(H,25,27)(H,26,29)/b20-14-. The molecule has 1 aliphatic carbocycles. The van der Waals surface area contributed by atoms with E-state index in [1.807, 2.05) is 38.2 Å². The molecule has 30 heavy (non-hydrogen) atoms. The maximum absolute atomic E-state index is 12.7. The highest BCUT2D eigenvalue weighted by Gasteiger charge is 2.40. The third kappa shape index (κ3) is 3.35. The summed E-state index contributed by atoms with van der Waals surface area (Å²) in [5.74, 6) is 0.450. The van der Waals surface area contributed by atoms with Crippen LogP contribution in [0.25, 0.3) is 16.8 Å². The lowest BCUT2D eigenvalue weighted by Crippen LogP contribution is -2.17. The molecule has 0 bridgehead atoms. The zero-order chi connectivity index (χ0) is 20.9. The van der Waals surface area contributed by atoms with Gasteiger partial charge in [0.15, 0.2) is 5.82 Å². The minimum atomic E-state index is -0.616. The Balaban J connectivity index is 1.46. The Kier molecular flexibility index (Phi) is 4.18. The fraction of sp³-hybridized carbons (Fsp3) is 0.273. The van der Waals surface area contributed by atoms with Crippen LogP contribution < -0.4 is 10.6 Å². The van der Waals surface area contributed by atoms with Gasteiger partial charge in [0.25, 0.3) is 5.91 Å². The summed E-state index contributed by atoms with van der Waals surface area (Å²) >= 11 is 0. The molecule has 152 valence electrons. The van der Waals surface area contributed by atoms with E-state index >= 15 is 0 Å². The Hall–Kier alpha value is -3.52. The van der Waals surface area contributed by atoms with Crippen LogP contribution in [0.3, 0.4) is 0 Å². The van der Waals surface area contributed by atoms with Gasteiger partial charge in [0.2, 0.25) is 0 Å². The van der Waals surface area contributed by atoms with Gasteiger partial charge in [-0.05, 0) is 44.4 Å². The fourth-order valence-electron chi connectivity index (χ4n) is 3.70. The zero-order valence-corrected chi connectivity index (χ0v) is 16.8. The molecule has 5 rings (SSSR count). The second kappa shape index (κ2) is 6.77. The van der Waals surface area contributed by atoms with Crippen LogP contribution in [0, 0.1) is 6.92 Å². The number of carbonyl (C=O) groups excluding carboxylic acids is 1. The lowest BCUT2D eigenvalue weighted by molar-refractivity contribution is -0.110. The van der Waals surface area contributed by atoms with Gasteiger partial charge in [0, 0.05) is 41.5 Å². The quantitative estimate of drug-likeness (QED) is 0.567. The number of aromatic nitrogens is 4. The van der Waals surface area contributed by atoms with Gasteiger partial charge in [-0.15, -0.1) is 0 Å². The highest BCUT2D eigenvalue weighted by atomic mass is 16.3. The maximum atomic E-state index is 12.7. The molecular weight excluding hydrogens is 380 g/mol. The number of hydrogen-bond acceptors (Lipinski definition) is 6. The highest BCUT2D eigenvalue weighted by Crippen LogP contribution is 2.37. The van der Waals surface area contributed by atoms with Gasteiger partial charge in [0.1, 0.15) is 0 Å². The normalized spacial score (nSPS) is 18.0. The summed E-state index contributed by atoms with van der Waals surface area (Å²) in [4.78, 5) is 21.4. The van der Waals surface area contributed by atoms with Gasteiger partial charge in [-0.2, -0.15) is 5.10 Å². The third-order valence-electron chi connectivity index (χ3n) is 5.58. The van der Waals surface area contributed by atoms with Crippen molar-refractivity contribution < 1.29 is 9.90 Å². The van der Waals surface area contributed by atoms with Crippen molar-refractivity contribution in [2.24, 2.45) is 0 Å². The van der Waals surface area contributed by atoms with Crippen LogP contribution in [0.4, 0.5) is 11.5 Å². The molecule has 0 aromatic carbocycles. The summed E-state index contributed by atoms with van der Waals surface area (Å²) in [6, 6.07) is 5.69. The summed E-state index contributed by atoms with van der Waals surface area (Å²) in [6.07, 6.45) is 8.65. The van der Waals surface area contributed by atoms with Crippen molar-refractivity contribution in [2.45, 2.75) is 38.8 Å². The maximum Gasteiger partial charge on any atom is 0.258 e. The monoisotopic (exact) mass is 402 g/mol. The molecule has 4 heterocycles. The van der Waals surface area contributed by atoms with Crippen molar-refractivity contribution in [1.82, 2.24) is 19.7 Å². The van der Waals surface area contributed by atoms with Crippen molar-refractivity contribution in [2.75, 3.05) is 10.6 Å². The molecular formula is C22H22N6O2. The molecule has 0 atom stereocenters. The van der Waals surface area contributed by atoms with Crippen molar-refractivity contribution in [3.05, 3.63) is 59.8 Å². The minimum absolute atomic E-state index is 0.177. The van der Waals surface area contributed by atoms with Crippen molar-refractivity contribution in [3.8, 4) is 11.3 Å². The van der Waals surface area contributed by atoms with Crippen molar-refractivity contribution in [1.29, 1.82) is 0 Å². The first-order valence-corrected chi connectivity index (χ1v) is 9.88. The van der Waals surface area contributed by atoms with Crippen LogP contribution in [-0.2, 0) is 11.3 Å². The number of pyridine rings is 2. The van der Waals surface area contributed by atoms with Gasteiger partial charge in [-0.3, -0.25) is 19.4 Å². The topological polar surface area (TPSA) is 105 Å². The Labute approximate surface area is 173 Å². The fourth-order valence-corrected chi connectivity index (χ4v) is 3.70. The molecule has 0 unspecified atom stereocenters. The molecule has 1 saturated carbocycles. The summed E-state index contributed by atoms with van der Waals surface area (Å²) < 4.78 is 1.73. The van der Waals surface area contributed by atoms with Gasteiger partial charge < -0.3 is 15.7 Å². The number of rotatable bonds is 5. The average molecular weight is 402 g/mol. The number of carbonyl (C=O) groups is 1. The summed E-state index contributed by atoms with van der Waals surface area (Å²) in [5.41, 5.74) is 4.89. The Morgan fingerprint density at radius 3 is 2.90 bits per heavy atom. The van der Waals surface area contributed by atoms with E-state index in [0.29, 0.717) is 29.3 Å². The molecule has 3 aromatic heterocycles. The van der Waals surface area contributed by atoms with Gasteiger partial charge in [-0.25, -0.2) is 0 Å². The molecule has 1 fully saturated rings. The Morgan fingerprint density at radius 1 is 1.30 bits per heavy atom. The Bertz CT molecular complexity index is 1190. The van der Waals surface area contributed by atoms with E-state index in [9.17, 15) is 9.90 Å². The van der Waals surface area contributed by atoms with Gasteiger partial charge in [0.05, 0.1) is 35.3 Å². The van der Waals surface area contributed by atoms with Crippen LogP contribution in [0.15, 0.2) is 48.7 Å². The van der Waals surface area contributed by atoms with E-state index in [4.69, 9.17) is 0 Å². The number of fused-ring (bicyclic) bond motifs is 1. The molecule has 1 amide bonds. The first-order valence-electron chi connectivity index (χ1n) is 9.88. The molecule has 3 aromatic rings. The van der Waals surface area contributed by atoms with E-state index in [-0.39, 0.29) is 5.91 Å². The molecule has 1 aliphatic heterocycles.